The van der Waals surface area contributed by atoms with Gasteiger partial charge in [-0.1, -0.05) is 24.3 Å². The Labute approximate surface area is 111 Å². The number of hydrogen-bond acceptors (Lipinski definition) is 5. The number of fused-ring (bicyclic) bond motifs is 1. The Balaban J connectivity index is 2.56. The van der Waals surface area contributed by atoms with Crippen LogP contribution in [-0.2, 0) is 24.8 Å². The summed E-state index contributed by atoms with van der Waals surface area (Å²) in [5.74, 6) is -3.50. The van der Waals surface area contributed by atoms with Gasteiger partial charge < -0.3 is 14.2 Å². The van der Waals surface area contributed by atoms with Crippen LogP contribution in [0.2, 0.25) is 0 Å². The average Bonchev–Trinajstić information content (AvgIpc) is 2.69. The predicted molar refractivity (Wildman–Crippen MR) is 66.6 cm³/mol. The lowest BCUT2D eigenvalue weighted by atomic mass is 9.98. The minimum atomic E-state index is -1.40. The van der Waals surface area contributed by atoms with Crippen LogP contribution >= 0.6 is 0 Å². The van der Waals surface area contributed by atoms with Crippen molar-refractivity contribution in [1.82, 2.24) is 0 Å². The van der Waals surface area contributed by atoms with Crippen molar-refractivity contribution in [2.75, 3.05) is 20.8 Å². The van der Waals surface area contributed by atoms with Gasteiger partial charge in [-0.2, -0.15) is 0 Å². The molecule has 1 aromatic rings. The monoisotopic (exact) mass is 264 g/mol. The second-order valence-corrected chi connectivity index (χ2v) is 4.17. The molecular weight excluding hydrogens is 248 g/mol. The van der Waals surface area contributed by atoms with E-state index in [1.165, 1.54) is 14.2 Å². The molecule has 1 aliphatic carbocycles. The summed E-state index contributed by atoms with van der Waals surface area (Å²) < 4.78 is 15.7. The number of methoxy groups -OCH3 is 2. The summed E-state index contributed by atoms with van der Waals surface area (Å²) in [6.07, 6.45) is 0. The van der Waals surface area contributed by atoms with Crippen LogP contribution in [0, 0.1) is 5.92 Å². The molecule has 1 aromatic carbocycles. The van der Waals surface area contributed by atoms with Gasteiger partial charge in [-0.25, -0.2) is 0 Å². The van der Waals surface area contributed by atoms with Crippen molar-refractivity contribution in [1.29, 1.82) is 0 Å². The fourth-order valence-corrected chi connectivity index (χ4v) is 2.51. The molecule has 0 aliphatic heterocycles. The van der Waals surface area contributed by atoms with E-state index in [9.17, 15) is 9.59 Å². The summed E-state index contributed by atoms with van der Waals surface area (Å²) in [7, 11) is 2.82. The standard InChI is InChI=1S/C14H16O5/c1-4-19-13(16)11-12(15)9-7-5-6-8-10(9)14(11,17-2)18-3/h5-8,11H,4H2,1-3H3. The molecule has 0 heterocycles. The zero-order valence-electron chi connectivity index (χ0n) is 11.1. The Hall–Kier alpha value is -1.72. The van der Waals surface area contributed by atoms with E-state index in [2.05, 4.69) is 0 Å². The van der Waals surface area contributed by atoms with E-state index < -0.39 is 17.7 Å². The van der Waals surface area contributed by atoms with Crippen LogP contribution in [0.3, 0.4) is 0 Å². The number of esters is 1. The number of carbonyl (C=O) groups is 2. The van der Waals surface area contributed by atoms with Crippen molar-refractivity contribution in [2.24, 2.45) is 5.92 Å². The first-order chi connectivity index (χ1) is 9.12. The maximum atomic E-state index is 12.4. The SMILES string of the molecule is CCOC(=O)C1C(=O)c2ccccc2C1(OC)OC. The summed E-state index contributed by atoms with van der Waals surface area (Å²) in [6.45, 7) is 1.88. The second-order valence-electron chi connectivity index (χ2n) is 4.17. The molecule has 0 aromatic heterocycles. The molecule has 0 radical (unpaired) electrons. The average molecular weight is 264 g/mol. The number of rotatable bonds is 4. The molecule has 2 rings (SSSR count). The van der Waals surface area contributed by atoms with Crippen LogP contribution in [0.5, 0.6) is 0 Å². The lowest BCUT2D eigenvalue weighted by Crippen LogP contribution is -2.43. The van der Waals surface area contributed by atoms with Gasteiger partial charge in [-0.15, -0.1) is 0 Å². The van der Waals surface area contributed by atoms with Crippen molar-refractivity contribution in [3.05, 3.63) is 35.4 Å². The molecule has 0 bridgehead atoms. The van der Waals surface area contributed by atoms with Crippen molar-refractivity contribution in [2.45, 2.75) is 12.7 Å². The molecule has 0 fully saturated rings. The zero-order valence-corrected chi connectivity index (χ0v) is 11.1. The first-order valence-corrected chi connectivity index (χ1v) is 6.03. The summed E-state index contributed by atoms with van der Waals surface area (Å²) in [6, 6.07) is 6.88. The van der Waals surface area contributed by atoms with E-state index in [-0.39, 0.29) is 12.4 Å². The first kappa shape index (κ1) is 13.7. The Morgan fingerprint density at radius 1 is 1.26 bits per heavy atom. The van der Waals surface area contributed by atoms with Gasteiger partial charge in [0.15, 0.2) is 11.7 Å². The highest BCUT2D eigenvalue weighted by atomic mass is 16.7. The lowest BCUT2D eigenvalue weighted by Gasteiger charge is -2.31. The highest BCUT2D eigenvalue weighted by Gasteiger charge is 2.58. The van der Waals surface area contributed by atoms with Gasteiger partial charge in [-0.3, -0.25) is 9.59 Å². The fraction of sp³-hybridized carbons (Fsp3) is 0.429. The summed E-state index contributed by atoms with van der Waals surface area (Å²) in [5.41, 5.74) is 0.993. The van der Waals surface area contributed by atoms with Crippen LogP contribution < -0.4 is 0 Å². The molecule has 5 nitrogen and oxygen atoms in total. The molecule has 19 heavy (non-hydrogen) atoms. The number of ether oxygens (including phenoxy) is 3. The molecule has 0 N–H and O–H groups in total. The number of hydrogen-bond donors (Lipinski definition) is 0. The smallest absolute Gasteiger partial charge is 0.322 e. The van der Waals surface area contributed by atoms with Crippen molar-refractivity contribution in [3.63, 3.8) is 0 Å². The van der Waals surface area contributed by atoms with E-state index in [1.807, 2.05) is 0 Å². The molecule has 0 saturated heterocycles. The Bertz CT molecular complexity index is 504. The summed E-state index contributed by atoms with van der Waals surface area (Å²) in [5, 5.41) is 0. The third-order valence-corrected chi connectivity index (χ3v) is 3.34. The van der Waals surface area contributed by atoms with Crippen LogP contribution in [0.1, 0.15) is 22.8 Å². The van der Waals surface area contributed by atoms with Crippen LogP contribution in [0.4, 0.5) is 0 Å². The highest BCUT2D eigenvalue weighted by Crippen LogP contribution is 2.44. The maximum absolute atomic E-state index is 12.4. The minimum absolute atomic E-state index is 0.197. The quantitative estimate of drug-likeness (QED) is 0.468. The van der Waals surface area contributed by atoms with Gasteiger partial charge in [0.2, 0.25) is 5.79 Å². The van der Waals surface area contributed by atoms with E-state index in [1.54, 1.807) is 31.2 Å². The molecule has 0 saturated carbocycles. The Morgan fingerprint density at radius 2 is 1.89 bits per heavy atom. The molecule has 1 aliphatic rings. The summed E-state index contributed by atoms with van der Waals surface area (Å²) >= 11 is 0. The van der Waals surface area contributed by atoms with Gasteiger partial charge in [0.1, 0.15) is 0 Å². The molecule has 0 spiro atoms. The third-order valence-electron chi connectivity index (χ3n) is 3.34. The molecule has 102 valence electrons. The second kappa shape index (κ2) is 5.11. The Kier molecular flexibility index (Phi) is 3.68. The predicted octanol–water partition coefficient (Wildman–Crippen LogP) is 1.51. The van der Waals surface area contributed by atoms with E-state index >= 15 is 0 Å². The first-order valence-electron chi connectivity index (χ1n) is 6.03. The molecule has 1 unspecified atom stereocenters. The fourth-order valence-electron chi connectivity index (χ4n) is 2.51. The summed E-state index contributed by atoms with van der Waals surface area (Å²) in [4.78, 5) is 24.4. The molecular formula is C14H16O5. The van der Waals surface area contributed by atoms with Gasteiger partial charge in [0, 0.05) is 25.3 Å². The third kappa shape index (κ3) is 1.86. The molecule has 5 heteroatoms. The number of carbonyl (C=O) groups excluding carboxylic acids is 2. The van der Waals surface area contributed by atoms with Crippen molar-refractivity contribution in [3.8, 4) is 0 Å². The van der Waals surface area contributed by atoms with E-state index in [4.69, 9.17) is 14.2 Å². The van der Waals surface area contributed by atoms with Gasteiger partial charge in [0.05, 0.1) is 6.61 Å². The van der Waals surface area contributed by atoms with E-state index in [0.29, 0.717) is 11.1 Å². The van der Waals surface area contributed by atoms with Crippen LogP contribution in [-0.4, -0.2) is 32.6 Å². The van der Waals surface area contributed by atoms with Gasteiger partial charge >= 0.3 is 5.97 Å². The van der Waals surface area contributed by atoms with E-state index in [0.717, 1.165) is 0 Å². The maximum Gasteiger partial charge on any atom is 0.322 e. The largest absolute Gasteiger partial charge is 0.465 e. The zero-order chi connectivity index (χ0) is 14.0. The molecule has 0 amide bonds. The minimum Gasteiger partial charge on any atom is -0.465 e. The van der Waals surface area contributed by atoms with Gasteiger partial charge in [-0.05, 0) is 6.92 Å². The van der Waals surface area contributed by atoms with Crippen LogP contribution in [0.15, 0.2) is 24.3 Å². The topological polar surface area (TPSA) is 61.8 Å². The Morgan fingerprint density at radius 3 is 2.47 bits per heavy atom. The lowest BCUT2D eigenvalue weighted by molar-refractivity contribution is -0.238. The van der Waals surface area contributed by atoms with Crippen molar-refractivity contribution < 1.29 is 23.8 Å². The van der Waals surface area contributed by atoms with Crippen molar-refractivity contribution >= 4 is 11.8 Å². The van der Waals surface area contributed by atoms with Crippen LogP contribution in [0.25, 0.3) is 0 Å². The number of Topliss-reactive ketones (excluding diaryl/α,β-unsaturated/α-hetero) is 1. The highest BCUT2D eigenvalue weighted by molar-refractivity contribution is 6.13. The molecule has 1 atom stereocenters. The normalized spacial score (nSPS) is 20.2. The number of ketones is 1. The number of benzene rings is 1. The van der Waals surface area contributed by atoms with Gasteiger partial charge in [0.25, 0.3) is 0 Å².